The molecule has 12 heavy (non-hydrogen) atoms. The molecule has 1 rings (SSSR count). The third-order valence-electron chi connectivity index (χ3n) is 1.56. The molecular weight excluding hydrogens is 288 g/mol. The van der Waals surface area contributed by atoms with E-state index in [1.165, 1.54) is 5.56 Å². The van der Waals surface area contributed by atoms with Crippen molar-refractivity contribution in [1.82, 2.24) is 0 Å². The predicted octanol–water partition coefficient (Wildman–Crippen LogP) is 1.23. The fourth-order valence-electron chi connectivity index (χ4n) is 0.863. The first-order valence-corrected chi connectivity index (χ1v) is 6.08. The maximum absolute atomic E-state index is 10.6. The van der Waals surface area contributed by atoms with Gasteiger partial charge in [0, 0.05) is 0 Å². The molecular formula is C8H10O2STe. The van der Waals surface area contributed by atoms with Crippen LogP contribution in [0.25, 0.3) is 0 Å². The van der Waals surface area contributed by atoms with Crippen molar-refractivity contribution in [2.75, 3.05) is 0 Å². The third-order valence-corrected chi connectivity index (χ3v) is 3.09. The van der Waals surface area contributed by atoms with Crippen LogP contribution in [0.4, 0.5) is 0 Å². The molecule has 2 unspecified atom stereocenters. The molecule has 2 atom stereocenters. The fourth-order valence-corrected chi connectivity index (χ4v) is 1.72. The van der Waals surface area contributed by atoms with E-state index in [2.05, 4.69) is 6.92 Å². The van der Waals surface area contributed by atoms with E-state index in [1.54, 1.807) is 34.4 Å². The van der Waals surface area contributed by atoms with Crippen LogP contribution in [0.2, 0.25) is 0 Å². The number of hydrogen-bond donors (Lipinski definition) is 1. The second kappa shape index (κ2) is 4.38. The summed E-state index contributed by atoms with van der Waals surface area (Å²) in [5, 5.41) is 0. The van der Waals surface area contributed by atoms with Gasteiger partial charge < -0.3 is 0 Å². The maximum atomic E-state index is 10.6. The monoisotopic (exact) mass is 300 g/mol. The summed E-state index contributed by atoms with van der Waals surface area (Å²) >= 11 is -0.109. The number of benzene rings is 1. The van der Waals surface area contributed by atoms with E-state index in [-0.39, 0.29) is 0 Å². The van der Waals surface area contributed by atoms with Crippen LogP contribution in [-0.4, -0.2) is 31.1 Å². The van der Waals surface area contributed by atoms with Crippen molar-refractivity contribution in [3.63, 3.8) is 0 Å². The van der Waals surface area contributed by atoms with Crippen LogP contribution < -0.4 is 0 Å². The van der Waals surface area contributed by atoms with Gasteiger partial charge in [0.15, 0.2) is 0 Å². The molecule has 0 saturated heterocycles. The summed E-state index contributed by atoms with van der Waals surface area (Å²) in [6, 6.07) is 7.18. The molecule has 4 heteroatoms. The van der Waals surface area contributed by atoms with Gasteiger partial charge in [-0.15, -0.1) is 0 Å². The molecule has 66 valence electrons. The van der Waals surface area contributed by atoms with E-state index in [1.807, 2.05) is 12.1 Å². The fraction of sp³-hybridized carbons (Fsp3) is 0.250. The summed E-state index contributed by atoms with van der Waals surface area (Å²) < 4.78 is 19.8. The molecule has 0 aliphatic carbocycles. The van der Waals surface area contributed by atoms with Gasteiger partial charge in [0.05, 0.1) is 0 Å². The molecule has 0 aliphatic rings. The zero-order chi connectivity index (χ0) is 9.14. The van der Waals surface area contributed by atoms with E-state index < -0.39 is 11.1 Å². The minimum atomic E-state index is -1.85. The number of hydrogen-bond acceptors (Lipinski definition) is 1. The summed E-state index contributed by atoms with van der Waals surface area (Å²) in [4.78, 5) is 0.463. The van der Waals surface area contributed by atoms with Crippen molar-refractivity contribution in [2.24, 2.45) is 0 Å². The number of rotatable bonds is 2. The van der Waals surface area contributed by atoms with Crippen molar-refractivity contribution < 1.29 is 8.76 Å². The summed E-state index contributed by atoms with van der Waals surface area (Å²) in [5.41, 5.74) is 1.21. The minimum absolute atomic E-state index is 0.463. The average Bonchev–Trinajstić information content (AvgIpc) is 2.04. The molecule has 2 nitrogen and oxygen atoms in total. The van der Waals surface area contributed by atoms with Crippen LogP contribution in [0.3, 0.4) is 0 Å². The van der Waals surface area contributed by atoms with Gasteiger partial charge in [0.25, 0.3) is 0 Å². The van der Waals surface area contributed by atoms with Gasteiger partial charge in [-0.2, -0.15) is 0 Å². The molecule has 0 aromatic heterocycles. The molecule has 0 fully saturated rings. The Hall–Kier alpha value is 0.120. The van der Waals surface area contributed by atoms with Crippen molar-refractivity contribution in [3.8, 4) is 0 Å². The van der Waals surface area contributed by atoms with E-state index in [0.717, 1.165) is 0 Å². The zero-order valence-electron chi connectivity index (χ0n) is 6.60. The van der Waals surface area contributed by atoms with Crippen LogP contribution in [0.5, 0.6) is 0 Å². The van der Waals surface area contributed by atoms with Crippen molar-refractivity contribution in [3.05, 3.63) is 29.8 Å². The second-order valence-electron chi connectivity index (χ2n) is 2.49. The van der Waals surface area contributed by atoms with E-state index in [4.69, 9.17) is 4.55 Å². The van der Waals surface area contributed by atoms with Gasteiger partial charge in [-0.1, -0.05) is 0 Å². The van der Waals surface area contributed by atoms with Crippen molar-refractivity contribution in [2.45, 2.75) is 15.8 Å². The SMILES string of the molecule is CC([TeH])c1ccc(S(=O)O)cc1. The van der Waals surface area contributed by atoms with Crippen molar-refractivity contribution in [1.29, 1.82) is 0 Å². The summed E-state index contributed by atoms with van der Waals surface area (Å²) in [7, 11) is 0. The summed E-state index contributed by atoms with van der Waals surface area (Å²) in [6.07, 6.45) is 0. The van der Waals surface area contributed by atoms with E-state index in [9.17, 15) is 4.21 Å². The first-order chi connectivity index (χ1) is 5.61. The predicted molar refractivity (Wildman–Crippen MR) is 51.0 cm³/mol. The topological polar surface area (TPSA) is 37.3 Å². The average molecular weight is 298 g/mol. The van der Waals surface area contributed by atoms with Crippen molar-refractivity contribution >= 4 is 33.4 Å². The molecule has 1 N–H and O–H groups in total. The van der Waals surface area contributed by atoms with Gasteiger partial charge >= 0.3 is 87.8 Å². The third kappa shape index (κ3) is 2.56. The normalized spacial score (nSPS) is 15.6. The van der Waals surface area contributed by atoms with Crippen LogP contribution in [-0.2, 0) is 11.1 Å². The van der Waals surface area contributed by atoms with Gasteiger partial charge in [-0.3, -0.25) is 0 Å². The molecule has 0 bridgehead atoms. The Labute approximate surface area is 87.6 Å². The van der Waals surface area contributed by atoms with Crippen LogP contribution >= 0.6 is 0 Å². The van der Waals surface area contributed by atoms with E-state index in [0.29, 0.717) is 8.86 Å². The Morgan fingerprint density at radius 2 is 1.92 bits per heavy atom. The zero-order valence-corrected chi connectivity index (χ0v) is 9.97. The molecule has 0 amide bonds. The second-order valence-corrected chi connectivity index (χ2v) is 5.67. The molecule has 0 radical (unpaired) electrons. The van der Waals surface area contributed by atoms with Crippen LogP contribution in [0.15, 0.2) is 29.2 Å². The molecule has 0 saturated carbocycles. The Morgan fingerprint density at radius 3 is 2.25 bits per heavy atom. The first kappa shape index (κ1) is 10.2. The van der Waals surface area contributed by atoms with Gasteiger partial charge in [-0.05, 0) is 0 Å². The van der Waals surface area contributed by atoms with Gasteiger partial charge in [0.1, 0.15) is 0 Å². The van der Waals surface area contributed by atoms with E-state index >= 15 is 0 Å². The molecule has 1 aromatic carbocycles. The quantitative estimate of drug-likeness (QED) is 0.658. The molecule has 0 aliphatic heterocycles. The summed E-state index contributed by atoms with van der Waals surface area (Å²) in [5.74, 6) is 0. The Morgan fingerprint density at radius 1 is 1.42 bits per heavy atom. The van der Waals surface area contributed by atoms with Gasteiger partial charge in [0.2, 0.25) is 0 Å². The first-order valence-electron chi connectivity index (χ1n) is 3.50. The Balaban J connectivity index is 2.93. The van der Waals surface area contributed by atoms with Crippen LogP contribution in [0, 0.1) is 0 Å². The molecule has 0 heterocycles. The summed E-state index contributed by atoms with van der Waals surface area (Å²) in [6.45, 7) is 2.11. The van der Waals surface area contributed by atoms with Crippen LogP contribution in [0.1, 0.15) is 16.5 Å². The van der Waals surface area contributed by atoms with Gasteiger partial charge in [-0.25, -0.2) is 0 Å². The Bertz CT molecular complexity index is 282. The Kier molecular flexibility index (Phi) is 3.73. The molecule has 1 aromatic rings. The molecule has 0 spiro atoms. The standard InChI is InChI=1S/C8H10O2STe/c1-6(12)7-2-4-8(5-3-7)11(9)10/h2-6,12H,1H3,(H,9,10).